The van der Waals surface area contributed by atoms with E-state index in [1.54, 1.807) is 4.68 Å². The van der Waals surface area contributed by atoms with Gasteiger partial charge in [-0.1, -0.05) is 11.6 Å². The zero-order valence-corrected chi connectivity index (χ0v) is 14.1. The smallest absolute Gasteiger partial charge is 0.220 e. The van der Waals surface area contributed by atoms with Crippen LogP contribution in [0.4, 0.5) is 0 Å². The Morgan fingerprint density at radius 1 is 1.33 bits per heavy atom. The number of carbonyl (C=O) groups excluding carboxylic acids is 1. The zero-order valence-electron chi connectivity index (χ0n) is 13.4. The van der Waals surface area contributed by atoms with Crippen LogP contribution in [-0.2, 0) is 11.3 Å². The van der Waals surface area contributed by atoms with Crippen molar-refractivity contribution < 1.29 is 9.90 Å². The average molecular weight is 349 g/mol. The maximum Gasteiger partial charge on any atom is 0.220 e. The van der Waals surface area contributed by atoms with Gasteiger partial charge < -0.3 is 10.8 Å². The van der Waals surface area contributed by atoms with Gasteiger partial charge in [0.25, 0.3) is 0 Å². The van der Waals surface area contributed by atoms with Gasteiger partial charge in [-0.25, -0.2) is 4.68 Å². The predicted octanol–water partition coefficient (Wildman–Crippen LogP) is 1.73. The average Bonchev–Trinajstić information content (AvgIpc) is 2.95. The van der Waals surface area contributed by atoms with Gasteiger partial charge in [0, 0.05) is 24.3 Å². The van der Waals surface area contributed by atoms with Crippen molar-refractivity contribution in [2.75, 3.05) is 13.1 Å². The number of nitrogens with two attached hydrogens (primary N) is 1. The predicted molar refractivity (Wildman–Crippen MR) is 91.8 cm³/mol. The summed E-state index contributed by atoms with van der Waals surface area (Å²) >= 11 is 5.90. The number of halogens is 1. The normalized spacial score (nSPS) is 21.8. The molecule has 0 spiro atoms. The summed E-state index contributed by atoms with van der Waals surface area (Å²) in [5, 5.41) is 15.8. The lowest BCUT2D eigenvalue weighted by Crippen LogP contribution is -2.49. The Kier molecular flexibility index (Phi) is 4.89. The van der Waals surface area contributed by atoms with Crippen LogP contribution in [0.15, 0.2) is 36.5 Å². The summed E-state index contributed by atoms with van der Waals surface area (Å²) in [5.74, 6) is -0.466. The number of benzene rings is 1. The lowest BCUT2D eigenvalue weighted by atomic mass is 9.89. The van der Waals surface area contributed by atoms with Gasteiger partial charge in [0.05, 0.1) is 23.4 Å². The van der Waals surface area contributed by atoms with Gasteiger partial charge in [0.2, 0.25) is 5.91 Å². The van der Waals surface area contributed by atoms with Gasteiger partial charge in [-0.2, -0.15) is 5.10 Å². The van der Waals surface area contributed by atoms with Crippen LogP contribution in [0.2, 0.25) is 5.02 Å². The molecular formula is C17H21ClN4O2. The minimum Gasteiger partial charge on any atom is -0.388 e. The van der Waals surface area contributed by atoms with E-state index >= 15 is 0 Å². The second kappa shape index (κ2) is 6.93. The van der Waals surface area contributed by atoms with Crippen LogP contribution in [0.25, 0.3) is 5.69 Å². The molecule has 1 amide bonds. The quantitative estimate of drug-likeness (QED) is 0.861. The summed E-state index contributed by atoms with van der Waals surface area (Å²) in [6.45, 7) is 1.93. The first-order valence-corrected chi connectivity index (χ1v) is 8.35. The number of piperidine rings is 1. The third kappa shape index (κ3) is 4.14. The van der Waals surface area contributed by atoms with E-state index in [4.69, 9.17) is 17.3 Å². The van der Waals surface area contributed by atoms with Crippen molar-refractivity contribution in [1.82, 2.24) is 14.7 Å². The molecule has 1 fully saturated rings. The SMILES string of the molecule is NC(=O)CC1(O)CCCN(Cc2ccn(-c3ccc(Cl)cc3)n2)C1. The van der Waals surface area contributed by atoms with E-state index in [-0.39, 0.29) is 6.42 Å². The van der Waals surface area contributed by atoms with Crippen LogP contribution in [0.1, 0.15) is 25.0 Å². The number of hydrogen-bond donors (Lipinski definition) is 2. The Bertz CT molecular complexity index is 716. The number of β-amino-alcohol motifs (C(OH)–C–C–N with tert-alkyl or cyclic N) is 1. The summed E-state index contributed by atoms with van der Waals surface area (Å²) < 4.78 is 1.80. The highest BCUT2D eigenvalue weighted by Crippen LogP contribution is 2.25. The number of hydrogen-bond acceptors (Lipinski definition) is 4. The van der Waals surface area contributed by atoms with Crippen molar-refractivity contribution in [2.24, 2.45) is 5.73 Å². The topological polar surface area (TPSA) is 84.4 Å². The summed E-state index contributed by atoms with van der Waals surface area (Å²) in [5.41, 5.74) is 6.07. The first-order valence-electron chi connectivity index (χ1n) is 7.97. The van der Waals surface area contributed by atoms with Crippen molar-refractivity contribution in [3.63, 3.8) is 0 Å². The van der Waals surface area contributed by atoms with Crippen molar-refractivity contribution in [2.45, 2.75) is 31.4 Å². The Labute approximate surface area is 145 Å². The van der Waals surface area contributed by atoms with E-state index in [1.165, 1.54) is 0 Å². The summed E-state index contributed by atoms with van der Waals surface area (Å²) in [6, 6.07) is 9.42. The number of rotatable bonds is 5. The van der Waals surface area contributed by atoms with Gasteiger partial charge in [-0.15, -0.1) is 0 Å². The summed E-state index contributed by atoms with van der Waals surface area (Å²) in [7, 11) is 0. The Hall–Kier alpha value is -1.89. The molecular weight excluding hydrogens is 328 g/mol. The molecule has 1 aliphatic rings. The highest BCUT2D eigenvalue weighted by atomic mass is 35.5. The van der Waals surface area contributed by atoms with Gasteiger partial charge in [0.15, 0.2) is 0 Å². The molecule has 2 heterocycles. The van der Waals surface area contributed by atoms with Crippen LogP contribution in [0.5, 0.6) is 0 Å². The van der Waals surface area contributed by atoms with Crippen molar-refractivity contribution in [1.29, 1.82) is 0 Å². The van der Waals surface area contributed by atoms with Gasteiger partial charge in [-0.05, 0) is 49.7 Å². The number of carbonyl (C=O) groups is 1. The Balaban J connectivity index is 1.66. The minimum atomic E-state index is -1.02. The fourth-order valence-electron chi connectivity index (χ4n) is 3.22. The standard InChI is InChI=1S/C17H21ClN4O2/c18-13-2-4-15(5-3-13)22-9-6-14(20-22)11-21-8-1-7-17(24,12-21)10-16(19)23/h2-6,9,24H,1,7-8,10-12H2,(H2,19,23). The van der Waals surface area contributed by atoms with Crippen LogP contribution in [0.3, 0.4) is 0 Å². The lowest BCUT2D eigenvalue weighted by molar-refractivity contribution is -0.125. The maximum atomic E-state index is 11.1. The molecule has 0 bridgehead atoms. The highest BCUT2D eigenvalue weighted by molar-refractivity contribution is 6.30. The first-order chi connectivity index (χ1) is 11.4. The maximum absolute atomic E-state index is 11.1. The highest BCUT2D eigenvalue weighted by Gasteiger charge is 2.34. The molecule has 1 aromatic heterocycles. The second-order valence-corrected chi connectivity index (χ2v) is 6.85. The zero-order chi connectivity index (χ0) is 17.2. The molecule has 128 valence electrons. The van der Waals surface area contributed by atoms with E-state index < -0.39 is 11.5 Å². The summed E-state index contributed by atoms with van der Waals surface area (Å²) in [6.07, 6.45) is 3.34. The molecule has 1 unspecified atom stereocenters. The van der Waals surface area contributed by atoms with E-state index in [0.717, 1.165) is 24.3 Å². The molecule has 1 saturated heterocycles. The third-order valence-corrected chi connectivity index (χ3v) is 4.51. The Morgan fingerprint density at radius 3 is 2.79 bits per heavy atom. The fourth-order valence-corrected chi connectivity index (χ4v) is 3.35. The fraction of sp³-hybridized carbons (Fsp3) is 0.412. The third-order valence-electron chi connectivity index (χ3n) is 4.26. The number of amides is 1. The number of nitrogens with zero attached hydrogens (tertiary/aromatic N) is 3. The van der Waals surface area contributed by atoms with E-state index in [2.05, 4.69) is 10.00 Å². The molecule has 0 radical (unpaired) electrons. The Morgan fingerprint density at radius 2 is 2.08 bits per heavy atom. The number of aromatic nitrogens is 2. The van der Waals surface area contributed by atoms with Crippen LogP contribution >= 0.6 is 11.6 Å². The van der Waals surface area contributed by atoms with Crippen LogP contribution in [0, 0.1) is 0 Å². The van der Waals surface area contributed by atoms with Crippen molar-refractivity contribution in [3.8, 4) is 5.69 Å². The van der Waals surface area contributed by atoms with Gasteiger partial charge >= 0.3 is 0 Å². The molecule has 3 rings (SSSR count). The van der Waals surface area contributed by atoms with E-state index in [9.17, 15) is 9.90 Å². The van der Waals surface area contributed by atoms with Gasteiger partial charge in [-0.3, -0.25) is 9.69 Å². The monoisotopic (exact) mass is 348 g/mol. The second-order valence-electron chi connectivity index (χ2n) is 6.41. The van der Waals surface area contributed by atoms with Gasteiger partial charge in [0.1, 0.15) is 0 Å². The molecule has 3 N–H and O–H groups in total. The molecule has 1 aliphatic heterocycles. The van der Waals surface area contributed by atoms with E-state index in [0.29, 0.717) is 24.5 Å². The van der Waals surface area contributed by atoms with Crippen LogP contribution < -0.4 is 5.73 Å². The number of likely N-dealkylation sites (tertiary alicyclic amines) is 1. The van der Waals surface area contributed by atoms with E-state index in [1.807, 2.05) is 36.5 Å². The molecule has 0 saturated carbocycles. The molecule has 24 heavy (non-hydrogen) atoms. The molecule has 2 aromatic rings. The molecule has 7 heteroatoms. The number of aliphatic hydroxyl groups is 1. The summed E-state index contributed by atoms with van der Waals surface area (Å²) in [4.78, 5) is 13.3. The molecule has 6 nitrogen and oxygen atoms in total. The lowest BCUT2D eigenvalue weighted by Gasteiger charge is -2.38. The number of primary amides is 1. The van der Waals surface area contributed by atoms with Crippen molar-refractivity contribution in [3.05, 3.63) is 47.2 Å². The molecule has 0 aliphatic carbocycles. The molecule has 1 aromatic carbocycles. The van der Waals surface area contributed by atoms with Crippen molar-refractivity contribution >= 4 is 17.5 Å². The largest absolute Gasteiger partial charge is 0.388 e. The first kappa shape index (κ1) is 17.0. The minimum absolute atomic E-state index is 0.00269. The van der Waals surface area contributed by atoms with Crippen LogP contribution in [-0.4, -0.2) is 44.4 Å². The molecule has 1 atom stereocenters.